The topological polar surface area (TPSA) is 130 Å². The number of ether oxygens (including phenoxy) is 2. The fourth-order valence-corrected chi connectivity index (χ4v) is 10.1. The summed E-state index contributed by atoms with van der Waals surface area (Å²) in [5.74, 6) is -4.29. The molecule has 3 N–H and O–H groups in total. The van der Waals surface area contributed by atoms with Crippen LogP contribution < -0.4 is 0 Å². The van der Waals surface area contributed by atoms with E-state index in [0.29, 0.717) is 17.6 Å². The van der Waals surface area contributed by atoms with Crippen LogP contribution in [0.25, 0.3) is 0 Å². The first-order valence-electron chi connectivity index (χ1n) is 19.6. The predicted octanol–water partition coefficient (Wildman–Crippen LogP) is 7.70. The van der Waals surface area contributed by atoms with Gasteiger partial charge in [0, 0.05) is 48.9 Å². The molecule has 2 fully saturated rings. The summed E-state index contributed by atoms with van der Waals surface area (Å²) in [5, 5.41) is 34.9. The Hall–Kier alpha value is -2.03. The monoisotopic (exact) mass is 686 g/mol. The number of esters is 2. The average Bonchev–Trinajstić information content (AvgIpc) is 3.47. The molecular formula is C41H66O8. The van der Waals surface area contributed by atoms with Gasteiger partial charge in [-0.15, -0.1) is 0 Å². The first-order valence-corrected chi connectivity index (χ1v) is 19.6. The summed E-state index contributed by atoms with van der Waals surface area (Å²) < 4.78 is 12.3. The van der Waals surface area contributed by atoms with Crippen LogP contribution in [0.3, 0.4) is 0 Å². The summed E-state index contributed by atoms with van der Waals surface area (Å²) in [6, 6.07) is 0. The fraction of sp³-hybridized carbons (Fsp3) is 0.829. The molecule has 4 rings (SSSR count). The van der Waals surface area contributed by atoms with Crippen LogP contribution in [-0.4, -0.2) is 62.6 Å². The molecule has 0 amide bonds. The second-order valence-corrected chi connectivity index (χ2v) is 16.5. The van der Waals surface area contributed by atoms with Crippen molar-refractivity contribution in [3.05, 3.63) is 23.3 Å². The SMILES string of the molecule is CCCCCCCCCCCCCCCCCCC(=O)O[C@@H]1[C@@H](C)[C@@]2(O)[C@@H](C=C(CO)C[C@]3(O)C(=O)C(C)=C[C@@H]23)[C@@H]2C(C)(C)[C@]12OC(C)=O. The molecule has 0 aromatic carbocycles. The second kappa shape index (κ2) is 16.5. The van der Waals surface area contributed by atoms with Crippen molar-refractivity contribution >= 4 is 17.7 Å². The van der Waals surface area contributed by atoms with Crippen LogP contribution in [0.1, 0.15) is 157 Å². The van der Waals surface area contributed by atoms with Crippen LogP contribution in [0, 0.1) is 29.1 Å². The number of carbonyl (C=O) groups excluding carboxylic acids is 3. The first kappa shape index (κ1) is 39.8. The van der Waals surface area contributed by atoms with Gasteiger partial charge in [0.05, 0.1) is 12.2 Å². The third-order valence-corrected chi connectivity index (χ3v) is 12.8. The van der Waals surface area contributed by atoms with Crippen LogP contribution in [0.5, 0.6) is 0 Å². The lowest BCUT2D eigenvalue weighted by Gasteiger charge is -2.53. The summed E-state index contributed by atoms with van der Waals surface area (Å²) in [5.41, 5.74) is -4.72. The lowest BCUT2D eigenvalue weighted by molar-refractivity contribution is -0.228. The molecule has 0 saturated heterocycles. The molecule has 0 aromatic heterocycles. The van der Waals surface area contributed by atoms with Gasteiger partial charge in [-0.2, -0.15) is 0 Å². The molecule has 8 heteroatoms. The summed E-state index contributed by atoms with van der Waals surface area (Å²) in [6.07, 6.45) is 22.4. The molecule has 0 unspecified atom stereocenters. The van der Waals surface area contributed by atoms with Gasteiger partial charge in [-0.25, -0.2) is 0 Å². The normalized spacial score (nSPS) is 34.2. The van der Waals surface area contributed by atoms with E-state index >= 15 is 0 Å². The Morgan fingerprint density at radius 2 is 1.37 bits per heavy atom. The summed E-state index contributed by atoms with van der Waals surface area (Å²) >= 11 is 0. The Balaban J connectivity index is 1.32. The molecule has 0 aliphatic heterocycles. The van der Waals surface area contributed by atoms with Crippen molar-refractivity contribution in [3.8, 4) is 0 Å². The highest BCUT2D eigenvalue weighted by Crippen LogP contribution is 2.77. The first-order chi connectivity index (χ1) is 23.2. The lowest BCUT2D eigenvalue weighted by Crippen LogP contribution is -2.66. The van der Waals surface area contributed by atoms with Gasteiger partial charge in [0.25, 0.3) is 0 Å². The van der Waals surface area contributed by atoms with Crippen molar-refractivity contribution in [2.24, 2.45) is 29.1 Å². The van der Waals surface area contributed by atoms with Crippen molar-refractivity contribution < 1.29 is 39.2 Å². The number of aliphatic hydroxyl groups excluding tert-OH is 1. The zero-order valence-electron chi connectivity index (χ0n) is 31.4. The molecule has 0 heterocycles. The number of hydrogen-bond acceptors (Lipinski definition) is 8. The minimum Gasteiger partial charge on any atom is -0.458 e. The van der Waals surface area contributed by atoms with Gasteiger partial charge < -0.3 is 24.8 Å². The smallest absolute Gasteiger partial charge is 0.306 e. The largest absolute Gasteiger partial charge is 0.458 e. The van der Waals surface area contributed by atoms with Crippen molar-refractivity contribution in [1.82, 2.24) is 0 Å². The Kier molecular flexibility index (Phi) is 13.4. The molecular weight excluding hydrogens is 620 g/mol. The number of rotatable bonds is 20. The van der Waals surface area contributed by atoms with Gasteiger partial charge >= 0.3 is 11.9 Å². The van der Waals surface area contributed by atoms with Crippen LogP contribution in [0.4, 0.5) is 0 Å². The Labute approximate surface area is 295 Å². The van der Waals surface area contributed by atoms with E-state index in [-0.39, 0.29) is 19.4 Å². The average molecular weight is 687 g/mol. The quantitative estimate of drug-likeness (QED) is 0.0675. The molecule has 8 nitrogen and oxygen atoms in total. The molecule has 49 heavy (non-hydrogen) atoms. The molecule has 278 valence electrons. The van der Waals surface area contributed by atoms with Crippen LogP contribution in [0.15, 0.2) is 23.3 Å². The maximum atomic E-state index is 13.4. The van der Waals surface area contributed by atoms with Gasteiger partial charge in [0.1, 0.15) is 11.7 Å². The zero-order valence-corrected chi connectivity index (χ0v) is 31.4. The standard InChI is InChI=1S/C41H66O8/c1-7-8-9-10-11-12-13-14-15-16-17-18-19-20-21-22-23-34(44)48-37-29(3)40(47)32(35-38(5,6)41(35,37)49-30(4)43)25-31(27-42)26-39(46)33(40)24-28(2)36(39)45/h24-25,29,32-33,35,37,42,46-47H,7-23,26-27H2,1-6H3/t29-,32+,33-,35-,37-,39-,40-,41-/m1/s1. The minimum absolute atomic E-state index is 0.107. The number of Topliss-reactive ketones (excluding diaryl/α,β-unsaturated/α-hetero) is 1. The number of ketones is 1. The number of hydrogen-bond donors (Lipinski definition) is 3. The fourth-order valence-electron chi connectivity index (χ4n) is 10.1. The second-order valence-electron chi connectivity index (χ2n) is 16.5. The molecule has 4 aliphatic carbocycles. The maximum absolute atomic E-state index is 13.4. The Bertz CT molecular complexity index is 1240. The van der Waals surface area contributed by atoms with Crippen LogP contribution in [-0.2, 0) is 23.9 Å². The van der Waals surface area contributed by atoms with Crippen LogP contribution in [0.2, 0.25) is 0 Å². The molecule has 0 aromatic rings. The van der Waals surface area contributed by atoms with Gasteiger partial charge in [-0.3, -0.25) is 14.4 Å². The minimum atomic E-state index is -1.93. The number of unbranched alkanes of at least 4 members (excludes halogenated alkanes) is 15. The van der Waals surface area contributed by atoms with Crippen molar-refractivity contribution in [1.29, 1.82) is 0 Å². The third kappa shape index (κ3) is 7.77. The zero-order chi connectivity index (χ0) is 36.0. The third-order valence-electron chi connectivity index (χ3n) is 12.8. The van der Waals surface area contributed by atoms with Crippen molar-refractivity contribution in [2.75, 3.05) is 6.61 Å². The van der Waals surface area contributed by atoms with E-state index in [1.807, 2.05) is 13.8 Å². The number of aliphatic hydroxyl groups is 3. The highest BCUT2D eigenvalue weighted by atomic mass is 16.6. The molecule has 8 atom stereocenters. The maximum Gasteiger partial charge on any atom is 0.306 e. The molecule has 0 bridgehead atoms. The number of fused-ring (bicyclic) bond motifs is 5. The summed E-state index contributed by atoms with van der Waals surface area (Å²) in [7, 11) is 0. The Morgan fingerprint density at radius 3 is 1.86 bits per heavy atom. The highest BCUT2D eigenvalue weighted by Gasteiger charge is 2.87. The Morgan fingerprint density at radius 1 is 0.857 bits per heavy atom. The summed E-state index contributed by atoms with van der Waals surface area (Å²) in [6.45, 7) is 10.5. The van der Waals surface area contributed by atoms with Gasteiger partial charge in [0.15, 0.2) is 11.4 Å². The van der Waals surface area contributed by atoms with E-state index in [2.05, 4.69) is 6.92 Å². The van der Waals surface area contributed by atoms with E-state index in [9.17, 15) is 29.7 Å². The van der Waals surface area contributed by atoms with Gasteiger partial charge in [0.2, 0.25) is 0 Å². The highest BCUT2D eigenvalue weighted by molar-refractivity contribution is 6.04. The van der Waals surface area contributed by atoms with Crippen molar-refractivity contribution in [2.45, 2.75) is 180 Å². The van der Waals surface area contributed by atoms with E-state index in [1.165, 1.54) is 84.0 Å². The van der Waals surface area contributed by atoms with E-state index in [0.717, 1.165) is 19.3 Å². The van der Waals surface area contributed by atoms with Crippen molar-refractivity contribution in [3.63, 3.8) is 0 Å². The molecule has 0 radical (unpaired) electrons. The van der Waals surface area contributed by atoms with Crippen LogP contribution >= 0.6 is 0 Å². The molecule has 4 aliphatic rings. The summed E-state index contributed by atoms with van der Waals surface area (Å²) in [4.78, 5) is 39.3. The molecule has 0 spiro atoms. The van der Waals surface area contributed by atoms with E-state index in [4.69, 9.17) is 9.47 Å². The lowest BCUT2D eigenvalue weighted by atomic mass is 9.59. The molecule has 2 saturated carbocycles. The van der Waals surface area contributed by atoms with Gasteiger partial charge in [-0.1, -0.05) is 136 Å². The number of carbonyl (C=O) groups is 3. The van der Waals surface area contributed by atoms with Gasteiger partial charge in [-0.05, 0) is 24.5 Å². The predicted molar refractivity (Wildman–Crippen MR) is 190 cm³/mol. The van der Waals surface area contributed by atoms with E-state index < -0.39 is 69.7 Å². The van der Waals surface area contributed by atoms with E-state index in [1.54, 1.807) is 26.0 Å².